The summed E-state index contributed by atoms with van der Waals surface area (Å²) in [5.74, 6) is 1.04. The summed E-state index contributed by atoms with van der Waals surface area (Å²) in [6.45, 7) is 8.08. The van der Waals surface area contributed by atoms with Crippen LogP contribution in [0, 0.1) is 13.8 Å². The molecule has 0 spiro atoms. The third-order valence-corrected chi connectivity index (χ3v) is 5.33. The molecule has 0 N–H and O–H groups in total. The summed E-state index contributed by atoms with van der Waals surface area (Å²) < 4.78 is 5.33. The van der Waals surface area contributed by atoms with Crippen molar-refractivity contribution in [3.63, 3.8) is 0 Å². The molecule has 152 valence electrons. The number of fused-ring (bicyclic) bond motifs is 2. The topological polar surface area (TPSA) is 55.3 Å². The Kier molecular flexibility index (Phi) is 5.36. The molecule has 4 aromatic rings. The van der Waals surface area contributed by atoms with E-state index in [1.807, 2.05) is 67.3 Å². The largest absolute Gasteiger partial charge is 0.464 e. The number of benzene rings is 2. The molecule has 0 amide bonds. The highest BCUT2D eigenvalue weighted by atomic mass is 16.5. The maximum absolute atomic E-state index is 12.7. The molecule has 0 saturated carbocycles. The summed E-state index contributed by atoms with van der Waals surface area (Å²) >= 11 is 0. The third-order valence-electron chi connectivity index (χ3n) is 5.33. The van der Waals surface area contributed by atoms with Crippen molar-refractivity contribution in [3.8, 4) is 0 Å². The number of nitrogens with zero attached hydrogens (tertiary/aromatic N) is 3. The van der Waals surface area contributed by atoms with Crippen LogP contribution >= 0.6 is 0 Å². The van der Waals surface area contributed by atoms with Crippen molar-refractivity contribution in [2.24, 2.45) is 0 Å². The summed E-state index contributed by atoms with van der Waals surface area (Å²) in [5, 5.41) is 2.18. The number of pyridine rings is 2. The Balaban J connectivity index is 1.93. The molecular formula is C25H25N3O2. The molecule has 5 heteroatoms. The number of carbonyl (C=O) groups is 1. The Morgan fingerprint density at radius 1 is 0.900 bits per heavy atom. The lowest BCUT2D eigenvalue weighted by Crippen LogP contribution is -2.38. The second kappa shape index (κ2) is 8.11. The second-order valence-electron chi connectivity index (χ2n) is 7.43. The summed E-state index contributed by atoms with van der Waals surface area (Å²) in [6.07, 6.45) is 0. The molecule has 0 fully saturated rings. The van der Waals surface area contributed by atoms with Crippen LogP contribution in [-0.4, -0.2) is 28.6 Å². The van der Waals surface area contributed by atoms with E-state index >= 15 is 0 Å². The van der Waals surface area contributed by atoms with Gasteiger partial charge in [0.25, 0.3) is 0 Å². The molecule has 2 heterocycles. The minimum atomic E-state index is -0.578. The maximum Gasteiger partial charge on any atom is 0.328 e. The molecular weight excluding hydrogens is 374 g/mol. The van der Waals surface area contributed by atoms with Crippen LogP contribution in [-0.2, 0) is 9.53 Å². The zero-order valence-electron chi connectivity index (χ0n) is 17.7. The molecule has 30 heavy (non-hydrogen) atoms. The first-order chi connectivity index (χ1) is 14.5. The van der Waals surface area contributed by atoms with Crippen LogP contribution < -0.4 is 4.90 Å². The van der Waals surface area contributed by atoms with E-state index in [2.05, 4.69) is 26.0 Å². The Bertz CT molecular complexity index is 1150. The third kappa shape index (κ3) is 3.59. The smallest absolute Gasteiger partial charge is 0.328 e. The molecule has 0 bridgehead atoms. The lowest BCUT2D eigenvalue weighted by atomic mass is 10.1. The Morgan fingerprint density at radius 3 is 1.83 bits per heavy atom. The van der Waals surface area contributed by atoms with Crippen LogP contribution in [0.25, 0.3) is 21.8 Å². The first-order valence-corrected chi connectivity index (χ1v) is 10.2. The number of esters is 1. The van der Waals surface area contributed by atoms with E-state index in [-0.39, 0.29) is 5.97 Å². The van der Waals surface area contributed by atoms with Gasteiger partial charge in [0.15, 0.2) is 0 Å². The number of hydrogen-bond donors (Lipinski definition) is 0. The van der Waals surface area contributed by atoms with E-state index in [1.54, 1.807) is 0 Å². The Labute approximate surface area is 176 Å². The van der Waals surface area contributed by atoms with Crippen LogP contribution in [0.2, 0.25) is 0 Å². The van der Waals surface area contributed by atoms with Gasteiger partial charge in [0.1, 0.15) is 17.7 Å². The van der Waals surface area contributed by atoms with Crippen LogP contribution in [0.1, 0.15) is 25.0 Å². The predicted molar refractivity (Wildman–Crippen MR) is 121 cm³/mol. The van der Waals surface area contributed by atoms with E-state index in [4.69, 9.17) is 14.7 Å². The van der Waals surface area contributed by atoms with Crippen LogP contribution in [0.4, 0.5) is 11.6 Å². The zero-order chi connectivity index (χ0) is 21.3. The van der Waals surface area contributed by atoms with Gasteiger partial charge in [0.05, 0.1) is 17.6 Å². The van der Waals surface area contributed by atoms with Crippen LogP contribution in [0.3, 0.4) is 0 Å². The SMILES string of the molecule is CCOC(=O)[C@H](C)N(c1cc(C)c2ccccc2n1)c1cc(C)c2ccccc2n1. The molecule has 4 rings (SSSR count). The average molecular weight is 399 g/mol. The van der Waals surface area contributed by atoms with E-state index in [1.165, 1.54) is 0 Å². The quantitative estimate of drug-likeness (QED) is 0.415. The van der Waals surface area contributed by atoms with Crippen molar-refractivity contribution in [1.29, 1.82) is 0 Å². The van der Waals surface area contributed by atoms with Crippen molar-refractivity contribution in [1.82, 2.24) is 9.97 Å². The number of aromatic nitrogens is 2. The first-order valence-electron chi connectivity index (χ1n) is 10.2. The zero-order valence-corrected chi connectivity index (χ0v) is 17.7. The molecule has 5 nitrogen and oxygen atoms in total. The minimum absolute atomic E-state index is 0.308. The van der Waals surface area contributed by atoms with E-state index in [9.17, 15) is 4.79 Å². The fraction of sp³-hybridized carbons (Fsp3) is 0.240. The predicted octanol–water partition coefficient (Wildman–Crippen LogP) is 5.49. The van der Waals surface area contributed by atoms with Gasteiger partial charge in [0.2, 0.25) is 0 Å². The number of ether oxygens (including phenoxy) is 1. The molecule has 0 aliphatic heterocycles. The fourth-order valence-electron chi connectivity index (χ4n) is 3.79. The van der Waals surface area contributed by atoms with Gasteiger partial charge in [-0.25, -0.2) is 14.8 Å². The van der Waals surface area contributed by atoms with Crippen molar-refractivity contribution in [3.05, 3.63) is 71.8 Å². The second-order valence-corrected chi connectivity index (χ2v) is 7.43. The van der Waals surface area contributed by atoms with E-state index in [0.29, 0.717) is 18.2 Å². The fourth-order valence-corrected chi connectivity index (χ4v) is 3.79. The molecule has 1 atom stereocenters. The van der Waals surface area contributed by atoms with Crippen molar-refractivity contribution in [2.45, 2.75) is 33.7 Å². The van der Waals surface area contributed by atoms with Crippen molar-refractivity contribution >= 4 is 39.4 Å². The molecule has 0 radical (unpaired) electrons. The molecule has 0 aliphatic carbocycles. The lowest BCUT2D eigenvalue weighted by molar-refractivity contribution is -0.144. The summed E-state index contributed by atoms with van der Waals surface area (Å²) in [7, 11) is 0. The molecule has 2 aromatic heterocycles. The number of anilines is 2. The summed E-state index contributed by atoms with van der Waals surface area (Å²) in [5.41, 5.74) is 3.94. The standard InChI is InChI=1S/C25H25N3O2/c1-5-30-25(29)18(4)28(23-14-16(2)19-10-6-8-12-21(19)26-23)24-15-17(3)20-11-7-9-13-22(20)27-24/h6-15,18H,5H2,1-4H3/t18-/m0/s1. The Hall–Kier alpha value is -3.47. The molecule has 0 saturated heterocycles. The summed E-state index contributed by atoms with van der Waals surface area (Å²) in [6, 6.07) is 19.5. The lowest BCUT2D eigenvalue weighted by Gasteiger charge is -2.29. The summed E-state index contributed by atoms with van der Waals surface area (Å²) in [4.78, 5) is 24.3. The van der Waals surface area contributed by atoms with Crippen LogP contribution in [0.15, 0.2) is 60.7 Å². The van der Waals surface area contributed by atoms with Crippen molar-refractivity contribution < 1.29 is 9.53 Å². The highest BCUT2D eigenvalue weighted by molar-refractivity contribution is 5.89. The van der Waals surface area contributed by atoms with Gasteiger partial charge in [-0.3, -0.25) is 4.90 Å². The van der Waals surface area contributed by atoms with Gasteiger partial charge >= 0.3 is 5.97 Å². The van der Waals surface area contributed by atoms with Crippen molar-refractivity contribution in [2.75, 3.05) is 11.5 Å². The van der Waals surface area contributed by atoms with Gasteiger partial charge < -0.3 is 4.74 Å². The van der Waals surface area contributed by atoms with Gasteiger partial charge in [-0.2, -0.15) is 0 Å². The van der Waals surface area contributed by atoms with Crippen LogP contribution in [0.5, 0.6) is 0 Å². The van der Waals surface area contributed by atoms with E-state index in [0.717, 1.165) is 32.9 Å². The number of hydrogen-bond acceptors (Lipinski definition) is 5. The van der Waals surface area contributed by atoms with Gasteiger partial charge in [-0.05, 0) is 63.1 Å². The number of carbonyl (C=O) groups excluding carboxylic acids is 1. The number of rotatable bonds is 5. The van der Waals surface area contributed by atoms with Gasteiger partial charge in [0, 0.05) is 10.8 Å². The number of para-hydroxylation sites is 2. The monoisotopic (exact) mass is 399 g/mol. The normalized spacial score (nSPS) is 12.1. The first kappa shape index (κ1) is 19.8. The Morgan fingerprint density at radius 2 is 1.37 bits per heavy atom. The highest BCUT2D eigenvalue weighted by Gasteiger charge is 2.27. The molecule has 0 aliphatic rings. The van der Waals surface area contributed by atoms with E-state index < -0.39 is 6.04 Å². The number of aryl methyl sites for hydroxylation is 2. The molecule has 2 aromatic carbocycles. The average Bonchev–Trinajstić information content (AvgIpc) is 2.74. The molecule has 0 unspecified atom stereocenters. The maximum atomic E-state index is 12.7. The van der Waals surface area contributed by atoms with Gasteiger partial charge in [-0.1, -0.05) is 36.4 Å². The van der Waals surface area contributed by atoms with Gasteiger partial charge in [-0.15, -0.1) is 0 Å². The highest BCUT2D eigenvalue weighted by Crippen LogP contribution is 2.31. The minimum Gasteiger partial charge on any atom is -0.464 e.